The molecule has 1 N–H and O–H groups in total. The zero-order valence-corrected chi connectivity index (χ0v) is 7.58. The third-order valence-corrected chi connectivity index (χ3v) is 2.45. The van der Waals surface area contributed by atoms with Crippen LogP contribution in [0.25, 0.3) is 0 Å². The van der Waals surface area contributed by atoms with E-state index in [-0.39, 0.29) is 12.2 Å². The van der Waals surface area contributed by atoms with Crippen LogP contribution in [0.5, 0.6) is 0 Å². The summed E-state index contributed by atoms with van der Waals surface area (Å²) in [6, 6.07) is 0. The van der Waals surface area contributed by atoms with Gasteiger partial charge in [0.1, 0.15) is 0 Å². The van der Waals surface area contributed by atoms with Crippen molar-refractivity contribution >= 4 is 0 Å². The van der Waals surface area contributed by atoms with Crippen LogP contribution in [0, 0.1) is 5.92 Å². The standard InChI is InChI=1S/C9H18O2/c1-4-8(10)9-6(2)5-7(3)11-9/h6-10H,4-5H2,1-3H3/t6-,7-,8+,9-/m0/s1. The molecule has 0 aliphatic carbocycles. The first-order valence-electron chi connectivity index (χ1n) is 4.48. The highest BCUT2D eigenvalue weighted by atomic mass is 16.5. The molecule has 1 saturated heterocycles. The minimum atomic E-state index is -0.269. The van der Waals surface area contributed by atoms with Crippen molar-refractivity contribution in [2.45, 2.75) is 51.9 Å². The first-order valence-corrected chi connectivity index (χ1v) is 4.48. The number of rotatable bonds is 2. The number of ether oxygens (including phenoxy) is 1. The van der Waals surface area contributed by atoms with Gasteiger partial charge in [-0.1, -0.05) is 13.8 Å². The van der Waals surface area contributed by atoms with E-state index in [9.17, 15) is 5.11 Å². The molecule has 2 nitrogen and oxygen atoms in total. The maximum atomic E-state index is 9.52. The van der Waals surface area contributed by atoms with Crippen molar-refractivity contribution in [1.82, 2.24) is 0 Å². The predicted octanol–water partition coefficient (Wildman–Crippen LogP) is 1.57. The van der Waals surface area contributed by atoms with Crippen LogP contribution in [-0.4, -0.2) is 23.4 Å². The molecule has 2 heteroatoms. The molecule has 0 radical (unpaired) electrons. The van der Waals surface area contributed by atoms with Crippen molar-refractivity contribution in [3.63, 3.8) is 0 Å². The van der Waals surface area contributed by atoms with Crippen molar-refractivity contribution in [2.24, 2.45) is 5.92 Å². The first-order chi connectivity index (χ1) is 5.15. The van der Waals surface area contributed by atoms with E-state index in [1.54, 1.807) is 0 Å². The Hall–Kier alpha value is -0.0800. The van der Waals surface area contributed by atoms with Gasteiger partial charge in [-0.15, -0.1) is 0 Å². The molecule has 0 saturated carbocycles. The average molecular weight is 158 g/mol. The van der Waals surface area contributed by atoms with Crippen LogP contribution in [0.3, 0.4) is 0 Å². The third kappa shape index (κ3) is 1.94. The second kappa shape index (κ2) is 3.55. The average Bonchev–Trinajstić information content (AvgIpc) is 2.28. The topological polar surface area (TPSA) is 29.5 Å². The van der Waals surface area contributed by atoms with Crippen molar-refractivity contribution in [2.75, 3.05) is 0 Å². The normalized spacial score (nSPS) is 40.9. The van der Waals surface area contributed by atoms with Crippen LogP contribution in [0.2, 0.25) is 0 Å². The van der Waals surface area contributed by atoms with Crippen LogP contribution in [-0.2, 0) is 4.74 Å². The van der Waals surface area contributed by atoms with Crippen molar-refractivity contribution in [1.29, 1.82) is 0 Å². The molecule has 0 bridgehead atoms. The van der Waals surface area contributed by atoms with Crippen LogP contribution in [0.15, 0.2) is 0 Å². The Kier molecular flexibility index (Phi) is 2.90. The fourth-order valence-electron chi connectivity index (χ4n) is 1.82. The Balaban J connectivity index is 2.45. The molecule has 66 valence electrons. The molecule has 1 aliphatic heterocycles. The van der Waals surface area contributed by atoms with Gasteiger partial charge in [0.25, 0.3) is 0 Å². The molecule has 0 aromatic carbocycles. The van der Waals surface area contributed by atoms with Crippen LogP contribution in [0.1, 0.15) is 33.6 Å². The summed E-state index contributed by atoms with van der Waals surface area (Å²) in [5.41, 5.74) is 0. The highest BCUT2D eigenvalue weighted by molar-refractivity contribution is 4.82. The maximum absolute atomic E-state index is 9.52. The van der Waals surface area contributed by atoms with Crippen molar-refractivity contribution < 1.29 is 9.84 Å². The summed E-state index contributed by atoms with van der Waals surface area (Å²) in [6.07, 6.45) is 2.02. The molecule has 1 heterocycles. The lowest BCUT2D eigenvalue weighted by molar-refractivity contribution is -0.0409. The summed E-state index contributed by atoms with van der Waals surface area (Å²) in [6.45, 7) is 6.20. The van der Waals surface area contributed by atoms with E-state index in [1.165, 1.54) is 0 Å². The Labute approximate surface area is 68.6 Å². The van der Waals surface area contributed by atoms with E-state index in [0.29, 0.717) is 12.0 Å². The third-order valence-electron chi connectivity index (χ3n) is 2.45. The maximum Gasteiger partial charge on any atom is 0.0863 e. The Morgan fingerprint density at radius 1 is 1.55 bits per heavy atom. The Bertz CT molecular complexity index is 121. The lowest BCUT2D eigenvalue weighted by atomic mass is 9.97. The minimum Gasteiger partial charge on any atom is -0.390 e. The van der Waals surface area contributed by atoms with Gasteiger partial charge < -0.3 is 9.84 Å². The summed E-state index contributed by atoms with van der Waals surface area (Å²) in [5.74, 6) is 0.514. The summed E-state index contributed by atoms with van der Waals surface area (Å²) < 4.78 is 5.58. The second-order valence-electron chi connectivity index (χ2n) is 3.60. The Morgan fingerprint density at radius 2 is 2.18 bits per heavy atom. The van der Waals surface area contributed by atoms with Gasteiger partial charge in [-0.05, 0) is 25.7 Å². The molecule has 0 aromatic rings. The predicted molar refractivity (Wildman–Crippen MR) is 44.4 cm³/mol. The molecule has 0 spiro atoms. The molecule has 1 aliphatic rings. The molecule has 0 amide bonds. The fraction of sp³-hybridized carbons (Fsp3) is 1.00. The summed E-state index contributed by atoms with van der Waals surface area (Å²) >= 11 is 0. The van der Waals surface area contributed by atoms with E-state index >= 15 is 0 Å². The van der Waals surface area contributed by atoms with Gasteiger partial charge in [0, 0.05) is 0 Å². The van der Waals surface area contributed by atoms with E-state index in [0.717, 1.165) is 12.8 Å². The SMILES string of the molecule is CC[C@@H](O)[C@H]1O[C@@H](C)C[C@@H]1C. The Morgan fingerprint density at radius 3 is 2.55 bits per heavy atom. The lowest BCUT2D eigenvalue weighted by Crippen LogP contribution is -2.29. The lowest BCUT2D eigenvalue weighted by Gasteiger charge is -2.19. The number of hydrogen-bond acceptors (Lipinski definition) is 2. The van der Waals surface area contributed by atoms with E-state index in [1.807, 2.05) is 6.92 Å². The quantitative estimate of drug-likeness (QED) is 0.661. The highest BCUT2D eigenvalue weighted by Crippen LogP contribution is 2.28. The van der Waals surface area contributed by atoms with Crippen molar-refractivity contribution in [3.8, 4) is 0 Å². The van der Waals surface area contributed by atoms with Crippen molar-refractivity contribution in [3.05, 3.63) is 0 Å². The van der Waals surface area contributed by atoms with E-state index in [4.69, 9.17) is 4.74 Å². The zero-order chi connectivity index (χ0) is 8.43. The van der Waals surface area contributed by atoms with Gasteiger partial charge in [-0.2, -0.15) is 0 Å². The van der Waals surface area contributed by atoms with Crippen LogP contribution < -0.4 is 0 Å². The first kappa shape index (κ1) is 9.01. The molecule has 4 atom stereocenters. The van der Waals surface area contributed by atoms with E-state index in [2.05, 4.69) is 13.8 Å². The molecule has 1 rings (SSSR count). The summed E-state index contributed by atoms with van der Waals surface area (Å²) in [5, 5.41) is 9.52. The number of aliphatic hydroxyl groups is 1. The molecule has 0 unspecified atom stereocenters. The second-order valence-corrected chi connectivity index (χ2v) is 3.60. The number of hydrogen-bond donors (Lipinski definition) is 1. The summed E-state index contributed by atoms with van der Waals surface area (Å²) in [7, 11) is 0. The van der Waals surface area contributed by atoms with E-state index < -0.39 is 0 Å². The van der Waals surface area contributed by atoms with Gasteiger partial charge in [0.2, 0.25) is 0 Å². The largest absolute Gasteiger partial charge is 0.390 e. The number of aliphatic hydroxyl groups excluding tert-OH is 1. The molecular weight excluding hydrogens is 140 g/mol. The van der Waals surface area contributed by atoms with Gasteiger partial charge in [0.15, 0.2) is 0 Å². The smallest absolute Gasteiger partial charge is 0.0863 e. The van der Waals surface area contributed by atoms with Gasteiger partial charge in [0.05, 0.1) is 18.3 Å². The molecular formula is C9H18O2. The summed E-state index contributed by atoms with van der Waals surface area (Å²) in [4.78, 5) is 0. The zero-order valence-electron chi connectivity index (χ0n) is 7.58. The highest BCUT2D eigenvalue weighted by Gasteiger charge is 2.33. The van der Waals surface area contributed by atoms with Gasteiger partial charge >= 0.3 is 0 Å². The molecule has 1 fully saturated rings. The fourth-order valence-corrected chi connectivity index (χ4v) is 1.82. The molecule has 11 heavy (non-hydrogen) atoms. The van der Waals surface area contributed by atoms with Crippen LogP contribution >= 0.6 is 0 Å². The van der Waals surface area contributed by atoms with Gasteiger partial charge in [-0.25, -0.2) is 0 Å². The van der Waals surface area contributed by atoms with Gasteiger partial charge in [-0.3, -0.25) is 0 Å². The van der Waals surface area contributed by atoms with Crippen LogP contribution in [0.4, 0.5) is 0 Å². The molecule has 0 aromatic heterocycles. The monoisotopic (exact) mass is 158 g/mol. The minimum absolute atomic E-state index is 0.0787.